The van der Waals surface area contributed by atoms with E-state index in [1.807, 2.05) is 6.92 Å². The first-order chi connectivity index (χ1) is 7.69. The van der Waals surface area contributed by atoms with Crippen LogP contribution in [-0.2, 0) is 0 Å². The molecule has 0 saturated carbocycles. The number of anilines is 2. The fourth-order valence-corrected chi connectivity index (χ4v) is 1.34. The van der Waals surface area contributed by atoms with Gasteiger partial charge < -0.3 is 15.7 Å². The Labute approximate surface area is 93.4 Å². The van der Waals surface area contributed by atoms with Crippen LogP contribution in [-0.4, -0.2) is 29.7 Å². The summed E-state index contributed by atoms with van der Waals surface area (Å²) in [7, 11) is 0. The van der Waals surface area contributed by atoms with Crippen molar-refractivity contribution in [2.75, 3.05) is 30.3 Å². The lowest BCUT2D eigenvalue weighted by atomic mass is 10.2. The summed E-state index contributed by atoms with van der Waals surface area (Å²) >= 11 is 0. The molecule has 0 amide bonds. The molecule has 1 rings (SSSR count). The van der Waals surface area contributed by atoms with Crippen molar-refractivity contribution in [1.82, 2.24) is 0 Å². The number of aliphatic hydroxyl groups excluding tert-OH is 1. The van der Waals surface area contributed by atoms with Gasteiger partial charge >= 0.3 is 0 Å². The number of rotatable bonds is 6. The van der Waals surface area contributed by atoms with E-state index in [2.05, 4.69) is 10.6 Å². The van der Waals surface area contributed by atoms with Crippen molar-refractivity contribution < 1.29 is 10.0 Å². The van der Waals surface area contributed by atoms with E-state index >= 15 is 0 Å². The third-order valence-corrected chi connectivity index (χ3v) is 2.00. The SMILES string of the molecule is CCNc1ccc(NCCO)c([N+](=O)[O-])c1. The number of hydrogen-bond acceptors (Lipinski definition) is 5. The topological polar surface area (TPSA) is 87.4 Å². The first-order valence-electron chi connectivity index (χ1n) is 5.06. The minimum Gasteiger partial charge on any atom is -0.395 e. The Morgan fingerprint density at radius 3 is 2.75 bits per heavy atom. The van der Waals surface area contributed by atoms with Crippen LogP contribution in [0.15, 0.2) is 18.2 Å². The highest BCUT2D eigenvalue weighted by atomic mass is 16.6. The van der Waals surface area contributed by atoms with Gasteiger partial charge in [-0.15, -0.1) is 0 Å². The van der Waals surface area contributed by atoms with Gasteiger partial charge in [0.05, 0.1) is 11.5 Å². The number of benzene rings is 1. The standard InChI is InChI=1S/C10H15N3O3/c1-2-11-8-3-4-9(12-5-6-14)10(7-8)13(15)16/h3-4,7,11-12,14H,2,5-6H2,1H3. The molecule has 0 spiro atoms. The van der Waals surface area contributed by atoms with E-state index in [0.717, 1.165) is 0 Å². The molecule has 0 saturated heterocycles. The van der Waals surface area contributed by atoms with Crippen LogP contribution in [0.5, 0.6) is 0 Å². The molecule has 1 aromatic rings. The van der Waals surface area contributed by atoms with Gasteiger partial charge in [-0.05, 0) is 19.1 Å². The summed E-state index contributed by atoms with van der Waals surface area (Å²) in [5, 5.41) is 25.3. The van der Waals surface area contributed by atoms with E-state index < -0.39 is 4.92 Å². The van der Waals surface area contributed by atoms with Gasteiger partial charge in [0.15, 0.2) is 0 Å². The van der Waals surface area contributed by atoms with Crippen molar-refractivity contribution in [3.8, 4) is 0 Å². The Hall–Kier alpha value is -1.82. The van der Waals surface area contributed by atoms with Gasteiger partial charge in [-0.3, -0.25) is 10.1 Å². The molecule has 0 aromatic heterocycles. The van der Waals surface area contributed by atoms with Gasteiger partial charge in [-0.2, -0.15) is 0 Å². The second kappa shape index (κ2) is 5.92. The fraction of sp³-hybridized carbons (Fsp3) is 0.400. The maximum atomic E-state index is 10.8. The molecule has 0 aliphatic heterocycles. The van der Waals surface area contributed by atoms with E-state index in [1.54, 1.807) is 12.1 Å². The van der Waals surface area contributed by atoms with Crippen LogP contribution in [0.2, 0.25) is 0 Å². The molecule has 3 N–H and O–H groups in total. The summed E-state index contributed by atoms with van der Waals surface area (Å²) in [6.45, 7) is 2.86. The largest absolute Gasteiger partial charge is 0.395 e. The van der Waals surface area contributed by atoms with Crippen LogP contribution in [0.1, 0.15) is 6.92 Å². The molecule has 0 aliphatic rings. The summed E-state index contributed by atoms with van der Waals surface area (Å²) in [5.41, 5.74) is 1.14. The van der Waals surface area contributed by atoms with Crippen molar-refractivity contribution in [3.05, 3.63) is 28.3 Å². The van der Waals surface area contributed by atoms with E-state index in [-0.39, 0.29) is 12.3 Å². The summed E-state index contributed by atoms with van der Waals surface area (Å²) in [4.78, 5) is 10.4. The number of nitro groups is 1. The van der Waals surface area contributed by atoms with Gasteiger partial charge in [0.1, 0.15) is 5.69 Å². The summed E-state index contributed by atoms with van der Waals surface area (Å²) in [6.07, 6.45) is 0. The molecular formula is C10H15N3O3. The maximum absolute atomic E-state index is 10.8. The van der Waals surface area contributed by atoms with Crippen molar-refractivity contribution in [3.63, 3.8) is 0 Å². The average molecular weight is 225 g/mol. The molecule has 0 aliphatic carbocycles. The summed E-state index contributed by atoms with van der Waals surface area (Å²) in [5.74, 6) is 0. The molecule has 0 heterocycles. The Morgan fingerprint density at radius 1 is 1.44 bits per heavy atom. The number of nitro benzene ring substituents is 1. The van der Waals surface area contributed by atoms with Crippen LogP contribution in [0.3, 0.4) is 0 Å². The van der Waals surface area contributed by atoms with Crippen molar-refractivity contribution in [2.24, 2.45) is 0 Å². The predicted octanol–water partition coefficient (Wildman–Crippen LogP) is 1.43. The lowest BCUT2D eigenvalue weighted by Gasteiger charge is -2.08. The fourth-order valence-electron chi connectivity index (χ4n) is 1.34. The highest BCUT2D eigenvalue weighted by Crippen LogP contribution is 2.27. The number of aliphatic hydroxyl groups is 1. The van der Waals surface area contributed by atoms with Crippen LogP contribution in [0.4, 0.5) is 17.1 Å². The minimum atomic E-state index is -0.444. The quantitative estimate of drug-likeness (QED) is 0.503. The lowest BCUT2D eigenvalue weighted by molar-refractivity contribution is -0.383. The molecule has 0 unspecified atom stereocenters. The van der Waals surface area contributed by atoms with E-state index in [1.165, 1.54) is 6.07 Å². The average Bonchev–Trinajstić information content (AvgIpc) is 2.27. The molecule has 1 aromatic carbocycles. The van der Waals surface area contributed by atoms with Crippen molar-refractivity contribution in [2.45, 2.75) is 6.92 Å². The second-order valence-electron chi connectivity index (χ2n) is 3.17. The van der Waals surface area contributed by atoms with E-state index in [4.69, 9.17) is 5.11 Å². The molecule has 6 heteroatoms. The smallest absolute Gasteiger partial charge is 0.294 e. The summed E-state index contributed by atoms with van der Waals surface area (Å²) in [6, 6.07) is 4.87. The molecule has 0 atom stereocenters. The maximum Gasteiger partial charge on any atom is 0.294 e. The highest BCUT2D eigenvalue weighted by molar-refractivity contribution is 5.67. The Kier molecular flexibility index (Phi) is 4.53. The summed E-state index contributed by atoms with van der Waals surface area (Å²) < 4.78 is 0. The Bertz CT molecular complexity index is 368. The van der Waals surface area contributed by atoms with Crippen molar-refractivity contribution in [1.29, 1.82) is 0 Å². The van der Waals surface area contributed by atoms with Gasteiger partial charge in [0, 0.05) is 24.8 Å². The van der Waals surface area contributed by atoms with Gasteiger partial charge in [0.2, 0.25) is 0 Å². The van der Waals surface area contributed by atoms with Crippen molar-refractivity contribution >= 4 is 17.1 Å². The number of nitrogens with zero attached hydrogens (tertiary/aromatic N) is 1. The molecule has 0 fully saturated rings. The zero-order valence-electron chi connectivity index (χ0n) is 9.06. The molecular weight excluding hydrogens is 210 g/mol. The zero-order valence-corrected chi connectivity index (χ0v) is 9.06. The second-order valence-corrected chi connectivity index (χ2v) is 3.17. The molecule has 6 nitrogen and oxygen atoms in total. The Morgan fingerprint density at radius 2 is 2.19 bits per heavy atom. The first-order valence-corrected chi connectivity index (χ1v) is 5.06. The van der Waals surface area contributed by atoms with E-state index in [9.17, 15) is 10.1 Å². The minimum absolute atomic E-state index is 0.00639. The number of nitrogens with one attached hydrogen (secondary N) is 2. The molecule has 88 valence electrons. The number of hydrogen-bond donors (Lipinski definition) is 3. The molecule has 0 radical (unpaired) electrons. The lowest BCUT2D eigenvalue weighted by Crippen LogP contribution is -2.08. The predicted molar refractivity (Wildman–Crippen MR) is 62.8 cm³/mol. The van der Waals surface area contributed by atoms with Gasteiger partial charge in [0.25, 0.3) is 5.69 Å². The zero-order chi connectivity index (χ0) is 12.0. The van der Waals surface area contributed by atoms with Crippen LogP contribution < -0.4 is 10.6 Å². The third-order valence-electron chi connectivity index (χ3n) is 2.00. The van der Waals surface area contributed by atoms with Crippen LogP contribution >= 0.6 is 0 Å². The monoisotopic (exact) mass is 225 g/mol. The molecule has 16 heavy (non-hydrogen) atoms. The first kappa shape index (κ1) is 12.3. The van der Waals surface area contributed by atoms with Crippen LogP contribution in [0.25, 0.3) is 0 Å². The van der Waals surface area contributed by atoms with Gasteiger partial charge in [-0.1, -0.05) is 0 Å². The third kappa shape index (κ3) is 3.09. The highest BCUT2D eigenvalue weighted by Gasteiger charge is 2.13. The van der Waals surface area contributed by atoms with Gasteiger partial charge in [-0.25, -0.2) is 0 Å². The van der Waals surface area contributed by atoms with E-state index in [0.29, 0.717) is 24.5 Å². The van der Waals surface area contributed by atoms with Crippen LogP contribution in [0, 0.1) is 10.1 Å². The molecule has 0 bridgehead atoms. The normalized spacial score (nSPS) is 9.88. The Balaban J connectivity index is 2.94.